The number of aromatic hydroxyl groups is 1. The highest BCUT2D eigenvalue weighted by Crippen LogP contribution is 2.17. The molecule has 2 N–H and O–H groups in total. The molecular weight excluding hydrogens is 154 g/mol. The van der Waals surface area contributed by atoms with Gasteiger partial charge in [0.25, 0.3) is 0 Å². The van der Waals surface area contributed by atoms with E-state index in [0.717, 1.165) is 17.2 Å². The van der Waals surface area contributed by atoms with Crippen molar-refractivity contribution in [1.82, 2.24) is 0 Å². The van der Waals surface area contributed by atoms with Gasteiger partial charge >= 0.3 is 0 Å². The minimum atomic E-state index is 0.384. The summed E-state index contributed by atoms with van der Waals surface area (Å²) in [5.41, 5.74) is 2.10. The number of aryl methyl sites for hydroxylation is 1. The van der Waals surface area contributed by atoms with Crippen LogP contribution < -0.4 is 0 Å². The van der Waals surface area contributed by atoms with E-state index in [9.17, 15) is 0 Å². The average Bonchev–Trinajstić information content (AvgIpc) is 2.02. The molecule has 0 atom stereocenters. The third kappa shape index (κ3) is 2.99. The van der Waals surface area contributed by atoms with E-state index in [1.54, 1.807) is 6.07 Å². The average molecular weight is 165 g/mol. The van der Waals surface area contributed by atoms with Crippen LogP contribution in [0.5, 0.6) is 5.75 Å². The van der Waals surface area contributed by atoms with Gasteiger partial charge in [-0.15, -0.1) is 0 Å². The Morgan fingerprint density at radius 1 is 1.42 bits per heavy atom. The molecule has 0 radical (unpaired) electrons. The number of hydrogen-bond donors (Lipinski definition) is 2. The van der Waals surface area contributed by atoms with Gasteiger partial charge in [0.2, 0.25) is 6.08 Å². The van der Waals surface area contributed by atoms with Crippen molar-refractivity contribution in [3.05, 3.63) is 29.3 Å². The van der Waals surface area contributed by atoms with Gasteiger partial charge in [-0.3, -0.25) is 0 Å². The van der Waals surface area contributed by atoms with E-state index in [0.29, 0.717) is 5.75 Å². The van der Waals surface area contributed by atoms with Crippen LogP contribution in [0.15, 0.2) is 18.2 Å². The van der Waals surface area contributed by atoms with E-state index in [1.807, 2.05) is 26.0 Å². The van der Waals surface area contributed by atoms with Gasteiger partial charge < -0.3 is 5.11 Å². The highest BCUT2D eigenvalue weighted by atomic mass is 16.3. The number of phenols is 1. The summed E-state index contributed by atoms with van der Waals surface area (Å²) in [6.45, 7) is 3.89. The van der Waals surface area contributed by atoms with Gasteiger partial charge in [0.1, 0.15) is 5.75 Å². The fraction of sp³-hybridized carbons (Fsp3) is 0.222. The topological polar surface area (TPSA) is 61.1 Å². The Labute approximate surface area is 71.2 Å². The highest BCUT2D eigenvalue weighted by molar-refractivity contribution is 5.36. The van der Waals surface area contributed by atoms with E-state index >= 15 is 0 Å². The zero-order valence-corrected chi connectivity index (χ0v) is 7.09. The lowest BCUT2D eigenvalue weighted by molar-refractivity contribution is 0.470. The SMILES string of the molecule is Cc1cccc(O)c1C.N=C=O. The molecule has 64 valence electrons. The number of carbonyl (C=O) groups excluding carboxylic acids is 1. The summed E-state index contributed by atoms with van der Waals surface area (Å²) >= 11 is 0. The molecule has 0 saturated heterocycles. The molecule has 0 saturated carbocycles. The summed E-state index contributed by atoms with van der Waals surface area (Å²) in [4.78, 5) is 8.35. The summed E-state index contributed by atoms with van der Waals surface area (Å²) in [7, 11) is 0. The van der Waals surface area contributed by atoms with Crippen molar-refractivity contribution >= 4 is 6.08 Å². The minimum absolute atomic E-state index is 0.384. The first kappa shape index (κ1) is 10.4. The van der Waals surface area contributed by atoms with Crippen LogP contribution in [0.2, 0.25) is 0 Å². The van der Waals surface area contributed by atoms with Crippen LogP contribution in [0.3, 0.4) is 0 Å². The maximum absolute atomic E-state index is 9.10. The molecule has 0 aliphatic heterocycles. The first-order valence-electron chi connectivity index (χ1n) is 3.42. The number of phenolic OH excluding ortho intramolecular Hbond substituents is 1. The van der Waals surface area contributed by atoms with E-state index in [1.165, 1.54) is 0 Å². The molecule has 3 nitrogen and oxygen atoms in total. The largest absolute Gasteiger partial charge is 0.508 e. The fourth-order valence-corrected chi connectivity index (χ4v) is 0.736. The van der Waals surface area contributed by atoms with E-state index < -0.39 is 0 Å². The molecule has 1 aromatic carbocycles. The standard InChI is InChI=1S/C8H10O.CHNO/c1-6-4-3-5-8(9)7(6)2;2-1-3/h3-5,9H,1-2H3;2H. The molecule has 0 spiro atoms. The van der Waals surface area contributed by atoms with Gasteiger partial charge in [-0.2, -0.15) is 0 Å². The summed E-state index contributed by atoms with van der Waals surface area (Å²) in [5.74, 6) is 0.384. The highest BCUT2D eigenvalue weighted by Gasteiger charge is 1.94. The van der Waals surface area contributed by atoms with Crippen LogP contribution in [-0.4, -0.2) is 11.2 Å². The second kappa shape index (κ2) is 5.10. The minimum Gasteiger partial charge on any atom is -0.508 e. The van der Waals surface area contributed by atoms with Crippen molar-refractivity contribution in [2.45, 2.75) is 13.8 Å². The van der Waals surface area contributed by atoms with Crippen molar-refractivity contribution in [1.29, 1.82) is 5.41 Å². The second-order valence-corrected chi connectivity index (χ2v) is 2.32. The number of isocyanates is 1. The molecule has 12 heavy (non-hydrogen) atoms. The van der Waals surface area contributed by atoms with E-state index in [4.69, 9.17) is 15.3 Å². The normalized spacial score (nSPS) is 7.83. The van der Waals surface area contributed by atoms with Gasteiger partial charge in [0, 0.05) is 0 Å². The summed E-state index contributed by atoms with van der Waals surface area (Å²) in [5, 5.41) is 14.5. The van der Waals surface area contributed by atoms with Gasteiger partial charge in [-0.05, 0) is 31.0 Å². The molecule has 0 aromatic heterocycles. The molecule has 1 rings (SSSR count). The second-order valence-electron chi connectivity index (χ2n) is 2.32. The molecule has 1 aromatic rings. The maximum atomic E-state index is 9.10. The Kier molecular flexibility index (Phi) is 4.42. The van der Waals surface area contributed by atoms with Gasteiger partial charge in [-0.1, -0.05) is 12.1 Å². The summed E-state index contributed by atoms with van der Waals surface area (Å²) in [6.07, 6.45) is 0.750. The Morgan fingerprint density at radius 3 is 2.25 bits per heavy atom. The smallest absolute Gasteiger partial charge is 0.231 e. The van der Waals surface area contributed by atoms with Crippen LogP contribution in [0.1, 0.15) is 11.1 Å². The zero-order chi connectivity index (χ0) is 9.56. The molecular formula is C9H11NO2. The molecule has 0 unspecified atom stereocenters. The lowest BCUT2D eigenvalue weighted by Crippen LogP contribution is -1.78. The van der Waals surface area contributed by atoms with E-state index in [2.05, 4.69) is 0 Å². The van der Waals surface area contributed by atoms with Gasteiger partial charge in [0.05, 0.1) is 0 Å². The van der Waals surface area contributed by atoms with Crippen molar-refractivity contribution in [2.24, 2.45) is 0 Å². The monoisotopic (exact) mass is 165 g/mol. The lowest BCUT2D eigenvalue weighted by Gasteiger charge is -1.99. The predicted molar refractivity (Wildman–Crippen MR) is 46.0 cm³/mol. The quantitative estimate of drug-likeness (QED) is 0.455. The van der Waals surface area contributed by atoms with Crippen LogP contribution >= 0.6 is 0 Å². The van der Waals surface area contributed by atoms with Gasteiger partial charge in [-0.25, -0.2) is 10.2 Å². The maximum Gasteiger partial charge on any atom is 0.231 e. The third-order valence-electron chi connectivity index (χ3n) is 1.58. The van der Waals surface area contributed by atoms with Crippen LogP contribution in [0.25, 0.3) is 0 Å². The van der Waals surface area contributed by atoms with Crippen molar-refractivity contribution in [3.8, 4) is 5.75 Å². The van der Waals surface area contributed by atoms with Crippen LogP contribution in [0, 0.1) is 19.3 Å². The van der Waals surface area contributed by atoms with Crippen LogP contribution in [-0.2, 0) is 4.79 Å². The Bertz CT molecular complexity index is 268. The van der Waals surface area contributed by atoms with Crippen molar-refractivity contribution in [2.75, 3.05) is 0 Å². The number of nitrogens with one attached hydrogen (secondary N) is 1. The van der Waals surface area contributed by atoms with Crippen molar-refractivity contribution in [3.63, 3.8) is 0 Å². The first-order chi connectivity index (χ1) is 5.63. The van der Waals surface area contributed by atoms with Crippen LogP contribution in [0.4, 0.5) is 0 Å². The fourth-order valence-electron chi connectivity index (χ4n) is 0.736. The molecule has 0 heterocycles. The number of benzene rings is 1. The Morgan fingerprint density at radius 2 is 1.92 bits per heavy atom. The Hall–Kier alpha value is -1.60. The molecule has 0 fully saturated rings. The van der Waals surface area contributed by atoms with Gasteiger partial charge in [0.15, 0.2) is 0 Å². The summed E-state index contributed by atoms with van der Waals surface area (Å²) < 4.78 is 0. The molecule has 0 aliphatic rings. The zero-order valence-electron chi connectivity index (χ0n) is 7.09. The lowest BCUT2D eigenvalue weighted by atomic mass is 10.1. The number of rotatable bonds is 0. The molecule has 0 amide bonds. The van der Waals surface area contributed by atoms with E-state index in [-0.39, 0.29) is 0 Å². The third-order valence-corrected chi connectivity index (χ3v) is 1.58. The predicted octanol–water partition coefficient (Wildman–Crippen LogP) is 1.91. The molecule has 0 bridgehead atoms. The molecule has 0 aliphatic carbocycles. The van der Waals surface area contributed by atoms with Crippen molar-refractivity contribution < 1.29 is 9.90 Å². The number of hydrogen-bond acceptors (Lipinski definition) is 3. The first-order valence-corrected chi connectivity index (χ1v) is 3.42. The molecule has 3 heteroatoms. The Balaban J connectivity index is 0.000000354. The summed E-state index contributed by atoms with van der Waals surface area (Å²) in [6, 6.07) is 5.52.